The van der Waals surface area contributed by atoms with E-state index in [9.17, 15) is 10.1 Å². The third-order valence-electron chi connectivity index (χ3n) is 5.40. The average molecular weight is 454 g/mol. The van der Waals surface area contributed by atoms with Crippen LogP contribution in [0, 0.1) is 17.2 Å². The van der Waals surface area contributed by atoms with Crippen LogP contribution in [0.1, 0.15) is 35.0 Å². The van der Waals surface area contributed by atoms with Gasteiger partial charge in [-0.15, -0.1) is 22.7 Å². The fraction of sp³-hybridized carbons (Fsp3) is 0.348. The van der Waals surface area contributed by atoms with E-state index in [1.54, 1.807) is 14.2 Å². The summed E-state index contributed by atoms with van der Waals surface area (Å²) in [5, 5.41) is 15.9. The zero-order valence-corrected chi connectivity index (χ0v) is 19.3. The number of ether oxygens (including phenoxy) is 2. The van der Waals surface area contributed by atoms with E-state index in [4.69, 9.17) is 9.47 Å². The Hall–Kier alpha value is -2.89. The number of hydrogen-bond donors (Lipinski definition) is 1. The van der Waals surface area contributed by atoms with Crippen molar-refractivity contribution in [2.24, 2.45) is 5.92 Å². The number of methoxy groups -OCH3 is 2. The van der Waals surface area contributed by atoms with Crippen molar-refractivity contribution in [3.05, 3.63) is 45.3 Å². The number of para-hydroxylation sites is 1. The van der Waals surface area contributed by atoms with Crippen molar-refractivity contribution >= 4 is 33.6 Å². The highest BCUT2D eigenvalue weighted by Gasteiger charge is 2.25. The van der Waals surface area contributed by atoms with Crippen LogP contribution in [0.2, 0.25) is 0 Å². The minimum atomic E-state index is -0.169. The second-order valence-electron chi connectivity index (χ2n) is 7.58. The molecule has 3 aromatic rings. The van der Waals surface area contributed by atoms with Gasteiger partial charge in [-0.1, -0.05) is 13.0 Å². The van der Waals surface area contributed by atoms with Crippen LogP contribution in [0.3, 0.4) is 0 Å². The lowest BCUT2D eigenvalue weighted by atomic mass is 9.89. The Balaban J connectivity index is 1.51. The fourth-order valence-electron chi connectivity index (χ4n) is 3.86. The molecule has 0 bridgehead atoms. The summed E-state index contributed by atoms with van der Waals surface area (Å²) in [5.74, 6) is 1.70. The molecular formula is C23H23N3O3S2. The standard InChI is InChI=1S/C23H23N3O3S2/c1-13-7-8-15-17(11-24)23(31-19(15)9-13)26-20(27)10-14-12-30-22(25-14)16-5-4-6-18(28-2)21(16)29-3/h4-6,12-13H,7-10H2,1-3H3,(H,26,27)/t13-/m0/s1. The first-order valence-electron chi connectivity index (χ1n) is 10.0. The Morgan fingerprint density at radius 2 is 2.19 bits per heavy atom. The summed E-state index contributed by atoms with van der Waals surface area (Å²) in [6.07, 6.45) is 3.11. The van der Waals surface area contributed by atoms with Crippen molar-refractivity contribution in [2.75, 3.05) is 19.5 Å². The molecule has 2 heterocycles. The van der Waals surface area contributed by atoms with Crippen molar-refractivity contribution < 1.29 is 14.3 Å². The van der Waals surface area contributed by atoms with Gasteiger partial charge in [-0.2, -0.15) is 5.26 Å². The van der Waals surface area contributed by atoms with Crippen LogP contribution in [0.15, 0.2) is 23.6 Å². The highest BCUT2D eigenvalue weighted by molar-refractivity contribution is 7.16. The maximum atomic E-state index is 12.7. The van der Waals surface area contributed by atoms with E-state index in [-0.39, 0.29) is 12.3 Å². The first-order valence-corrected chi connectivity index (χ1v) is 11.7. The number of benzene rings is 1. The molecule has 1 N–H and O–H groups in total. The largest absolute Gasteiger partial charge is 0.493 e. The van der Waals surface area contributed by atoms with Gasteiger partial charge in [0.1, 0.15) is 16.1 Å². The minimum Gasteiger partial charge on any atom is -0.493 e. The molecule has 0 spiro atoms. The summed E-state index contributed by atoms with van der Waals surface area (Å²) in [6, 6.07) is 7.92. The second kappa shape index (κ2) is 9.08. The molecule has 0 aliphatic heterocycles. The molecule has 0 saturated carbocycles. The van der Waals surface area contributed by atoms with Crippen LogP contribution in [-0.2, 0) is 24.1 Å². The summed E-state index contributed by atoms with van der Waals surface area (Å²) in [5.41, 5.74) is 3.24. The number of aromatic nitrogens is 1. The van der Waals surface area contributed by atoms with Gasteiger partial charge in [-0.05, 0) is 42.9 Å². The number of carbonyl (C=O) groups excluding carboxylic acids is 1. The molecule has 160 valence electrons. The average Bonchev–Trinajstić information content (AvgIpc) is 3.36. The number of nitrogens with zero attached hydrogens (tertiary/aromatic N) is 2. The normalized spacial score (nSPS) is 15.1. The fourth-order valence-corrected chi connectivity index (χ4v) is 6.08. The third kappa shape index (κ3) is 4.29. The van der Waals surface area contributed by atoms with E-state index in [0.717, 1.165) is 35.4 Å². The van der Waals surface area contributed by atoms with Crippen LogP contribution in [0.4, 0.5) is 5.00 Å². The van der Waals surface area contributed by atoms with Crippen LogP contribution >= 0.6 is 22.7 Å². The van der Waals surface area contributed by atoms with Crippen molar-refractivity contribution in [1.82, 2.24) is 4.98 Å². The summed E-state index contributed by atoms with van der Waals surface area (Å²) in [4.78, 5) is 18.6. The van der Waals surface area contributed by atoms with Crippen molar-refractivity contribution in [3.63, 3.8) is 0 Å². The van der Waals surface area contributed by atoms with E-state index < -0.39 is 0 Å². The Morgan fingerprint density at radius 3 is 2.94 bits per heavy atom. The van der Waals surface area contributed by atoms with E-state index >= 15 is 0 Å². The summed E-state index contributed by atoms with van der Waals surface area (Å²) >= 11 is 2.99. The molecule has 0 radical (unpaired) electrons. The molecule has 0 unspecified atom stereocenters. The number of hydrogen-bond acceptors (Lipinski definition) is 7. The first-order chi connectivity index (χ1) is 15.0. The minimum absolute atomic E-state index is 0.145. The van der Waals surface area contributed by atoms with Gasteiger partial charge in [0.2, 0.25) is 5.91 Å². The highest BCUT2D eigenvalue weighted by Crippen LogP contribution is 2.40. The Kier molecular flexibility index (Phi) is 6.25. The molecule has 1 aliphatic rings. The lowest BCUT2D eigenvalue weighted by molar-refractivity contribution is -0.115. The van der Waals surface area contributed by atoms with E-state index in [1.165, 1.54) is 27.6 Å². The van der Waals surface area contributed by atoms with Crippen molar-refractivity contribution in [1.29, 1.82) is 5.26 Å². The van der Waals surface area contributed by atoms with E-state index in [0.29, 0.717) is 33.7 Å². The van der Waals surface area contributed by atoms with Gasteiger partial charge in [-0.25, -0.2) is 4.98 Å². The number of amides is 1. The molecule has 0 saturated heterocycles. The number of nitrogens with one attached hydrogen (secondary N) is 1. The number of carbonyl (C=O) groups is 1. The Morgan fingerprint density at radius 1 is 1.35 bits per heavy atom. The third-order valence-corrected chi connectivity index (χ3v) is 7.50. The lowest BCUT2D eigenvalue weighted by Gasteiger charge is -2.17. The van der Waals surface area contributed by atoms with Gasteiger partial charge in [0.15, 0.2) is 11.5 Å². The van der Waals surface area contributed by atoms with Crippen molar-refractivity contribution in [3.8, 4) is 28.1 Å². The summed E-state index contributed by atoms with van der Waals surface area (Å²) in [6.45, 7) is 2.23. The predicted molar refractivity (Wildman–Crippen MR) is 123 cm³/mol. The van der Waals surface area contributed by atoms with Crippen LogP contribution < -0.4 is 14.8 Å². The van der Waals surface area contributed by atoms with E-state index in [1.807, 2.05) is 23.6 Å². The molecular weight excluding hydrogens is 430 g/mol. The van der Waals surface area contributed by atoms with Crippen LogP contribution in [-0.4, -0.2) is 25.1 Å². The number of rotatable bonds is 6. The van der Waals surface area contributed by atoms with Gasteiger partial charge in [-0.3, -0.25) is 4.79 Å². The molecule has 4 rings (SSSR count). The number of thiophene rings is 1. The molecule has 0 fully saturated rings. The zero-order valence-electron chi connectivity index (χ0n) is 17.7. The predicted octanol–water partition coefficient (Wildman–Crippen LogP) is 5.07. The Labute approximate surface area is 189 Å². The topological polar surface area (TPSA) is 84.2 Å². The number of nitriles is 1. The highest BCUT2D eigenvalue weighted by atomic mass is 32.1. The second-order valence-corrected chi connectivity index (χ2v) is 9.54. The molecule has 1 aliphatic carbocycles. The quantitative estimate of drug-likeness (QED) is 0.563. The number of fused-ring (bicyclic) bond motifs is 1. The monoisotopic (exact) mass is 453 g/mol. The van der Waals surface area contributed by atoms with Gasteiger partial charge >= 0.3 is 0 Å². The smallest absolute Gasteiger partial charge is 0.231 e. The number of anilines is 1. The molecule has 6 nitrogen and oxygen atoms in total. The molecule has 1 atom stereocenters. The van der Waals surface area contributed by atoms with Gasteiger partial charge in [0.05, 0.1) is 37.5 Å². The van der Waals surface area contributed by atoms with Crippen LogP contribution in [0.5, 0.6) is 11.5 Å². The maximum Gasteiger partial charge on any atom is 0.231 e. The first kappa shape index (κ1) is 21.3. The van der Waals surface area contributed by atoms with E-state index in [2.05, 4.69) is 23.3 Å². The molecule has 1 amide bonds. The summed E-state index contributed by atoms with van der Waals surface area (Å²) in [7, 11) is 3.19. The summed E-state index contributed by atoms with van der Waals surface area (Å²) < 4.78 is 10.9. The molecule has 31 heavy (non-hydrogen) atoms. The molecule has 2 aromatic heterocycles. The molecule has 8 heteroatoms. The lowest BCUT2D eigenvalue weighted by Crippen LogP contribution is -2.14. The maximum absolute atomic E-state index is 12.7. The number of thiazole rings is 1. The van der Waals surface area contributed by atoms with Crippen LogP contribution in [0.25, 0.3) is 10.6 Å². The van der Waals surface area contributed by atoms with Gasteiger partial charge in [0.25, 0.3) is 0 Å². The van der Waals surface area contributed by atoms with Crippen molar-refractivity contribution in [2.45, 2.75) is 32.6 Å². The zero-order chi connectivity index (χ0) is 22.0. The SMILES string of the molecule is COc1cccc(-c2nc(CC(=O)Nc3sc4c(c3C#N)CC[C@H](C)C4)cs2)c1OC. The Bertz CT molecular complexity index is 1160. The van der Waals surface area contributed by atoms with Gasteiger partial charge < -0.3 is 14.8 Å². The van der Waals surface area contributed by atoms with Gasteiger partial charge in [0, 0.05) is 10.3 Å². The molecule has 1 aromatic carbocycles.